The maximum absolute atomic E-state index is 12.7. The van der Waals surface area contributed by atoms with Crippen LogP contribution in [0.2, 0.25) is 0 Å². The molecule has 2 heterocycles. The number of carbonyl (C=O) groups excluding carboxylic acids is 2. The highest BCUT2D eigenvalue weighted by Gasteiger charge is 2.34. The molecule has 1 fully saturated rings. The first kappa shape index (κ1) is 20.2. The number of carbonyl (C=O) groups is 2. The predicted molar refractivity (Wildman–Crippen MR) is 106 cm³/mol. The molecule has 0 aliphatic carbocycles. The molecule has 1 saturated heterocycles. The zero-order valence-electron chi connectivity index (χ0n) is 16.0. The Hall–Kier alpha value is -2.58. The van der Waals surface area contributed by atoms with Crippen LogP contribution in [0.3, 0.4) is 0 Å². The van der Waals surface area contributed by atoms with Crippen LogP contribution in [0.25, 0.3) is 0 Å². The maximum Gasteiger partial charge on any atom is 0.249 e. The number of benzene rings is 1. The number of nitrogens with one attached hydrogen (secondary N) is 1. The molecule has 0 saturated carbocycles. The number of nitrogens with zero attached hydrogens (tertiary/aromatic N) is 1. The van der Waals surface area contributed by atoms with Gasteiger partial charge in [-0.1, -0.05) is 12.1 Å². The lowest BCUT2D eigenvalue weighted by atomic mass is 10.1. The average Bonchev–Trinajstić information content (AvgIpc) is 3.22. The van der Waals surface area contributed by atoms with Gasteiger partial charge in [-0.15, -0.1) is 11.3 Å². The van der Waals surface area contributed by atoms with Gasteiger partial charge in [-0.05, 0) is 35.6 Å². The van der Waals surface area contributed by atoms with Gasteiger partial charge in [-0.3, -0.25) is 9.59 Å². The summed E-state index contributed by atoms with van der Waals surface area (Å²) in [6.45, 7) is 1.10. The minimum atomic E-state index is -0.617. The molecule has 150 valence electrons. The van der Waals surface area contributed by atoms with Crippen LogP contribution < -0.4 is 14.8 Å². The Morgan fingerprint density at radius 2 is 2.11 bits per heavy atom. The second-order valence-corrected chi connectivity index (χ2v) is 7.39. The van der Waals surface area contributed by atoms with Gasteiger partial charge in [0.05, 0.1) is 27.4 Å². The first-order chi connectivity index (χ1) is 13.6. The molecule has 8 heteroatoms. The quantitative estimate of drug-likeness (QED) is 0.727. The van der Waals surface area contributed by atoms with Crippen molar-refractivity contribution in [2.45, 2.75) is 19.0 Å². The van der Waals surface area contributed by atoms with Gasteiger partial charge >= 0.3 is 0 Å². The van der Waals surface area contributed by atoms with Gasteiger partial charge in [-0.2, -0.15) is 0 Å². The Bertz CT molecular complexity index is 809. The van der Waals surface area contributed by atoms with Gasteiger partial charge in [0.25, 0.3) is 0 Å². The summed E-state index contributed by atoms with van der Waals surface area (Å²) >= 11 is 1.57. The number of methoxy groups -OCH3 is 2. The van der Waals surface area contributed by atoms with Crippen molar-refractivity contribution in [2.75, 3.05) is 34.0 Å². The van der Waals surface area contributed by atoms with Gasteiger partial charge < -0.3 is 24.4 Å². The van der Waals surface area contributed by atoms with Crippen LogP contribution in [0, 0.1) is 0 Å². The van der Waals surface area contributed by atoms with Crippen molar-refractivity contribution >= 4 is 23.2 Å². The largest absolute Gasteiger partial charge is 0.493 e. The second kappa shape index (κ2) is 9.57. The van der Waals surface area contributed by atoms with E-state index in [9.17, 15) is 9.59 Å². The zero-order valence-corrected chi connectivity index (χ0v) is 16.8. The Kier molecular flexibility index (Phi) is 6.89. The predicted octanol–water partition coefficient (Wildman–Crippen LogP) is 1.85. The van der Waals surface area contributed by atoms with Crippen LogP contribution in [0.4, 0.5) is 0 Å². The molecule has 2 amide bonds. The zero-order chi connectivity index (χ0) is 19.9. The van der Waals surface area contributed by atoms with Crippen LogP contribution in [0.1, 0.15) is 10.4 Å². The molecule has 1 aliphatic heterocycles. The van der Waals surface area contributed by atoms with E-state index in [4.69, 9.17) is 14.2 Å². The highest BCUT2D eigenvalue weighted by molar-refractivity contribution is 7.09. The van der Waals surface area contributed by atoms with Crippen molar-refractivity contribution in [3.63, 3.8) is 0 Å². The van der Waals surface area contributed by atoms with Crippen molar-refractivity contribution in [3.05, 3.63) is 46.2 Å². The van der Waals surface area contributed by atoms with E-state index < -0.39 is 6.04 Å². The molecule has 0 bridgehead atoms. The molecular formula is C20H24N2O5S. The monoisotopic (exact) mass is 404 g/mol. The van der Waals surface area contributed by atoms with Crippen molar-refractivity contribution in [3.8, 4) is 11.5 Å². The van der Waals surface area contributed by atoms with E-state index in [0.717, 1.165) is 10.4 Å². The van der Waals surface area contributed by atoms with Gasteiger partial charge in [0.15, 0.2) is 11.5 Å². The van der Waals surface area contributed by atoms with E-state index in [0.29, 0.717) is 31.0 Å². The van der Waals surface area contributed by atoms with Crippen molar-refractivity contribution < 1.29 is 23.8 Å². The lowest BCUT2D eigenvalue weighted by Gasteiger charge is -2.34. The number of rotatable bonds is 8. The molecule has 2 aromatic rings. The fourth-order valence-electron chi connectivity index (χ4n) is 3.07. The minimum Gasteiger partial charge on any atom is -0.493 e. The molecule has 1 N–H and O–H groups in total. The molecule has 1 aromatic carbocycles. The molecular weight excluding hydrogens is 380 g/mol. The smallest absolute Gasteiger partial charge is 0.249 e. The van der Waals surface area contributed by atoms with E-state index in [1.165, 1.54) is 0 Å². The Morgan fingerprint density at radius 1 is 1.29 bits per heavy atom. The SMILES string of the molecule is COc1ccc(CCNC(=O)[C@@H]2COCC(=O)N2Cc2cccs2)cc1OC. The summed E-state index contributed by atoms with van der Waals surface area (Å²) in [5.74, 6) is 0.946. The van der Waals surface area contributed by atoms with Crippen LogP contribution >= 0.6 is 11.3 Å². The standard InChI is InChI=1S/C20H24N2O5S/c1-25-17-6-5-14(10-18(17)26-2)7-8-21-20(24)16-12-27-13-19(23)22(16)11-15-4-3-9-28-15/h3-6,9-10,16H,7-8,11-13H2,1-2H3,(H,21,24)/t16-/m0/s1. The summed E-state index contributed by atoms with van der Waals surface area (Å²) in [4.78, 5) is 27.6. The highest BCUT2D eigenvalue weighted by atomic mass is 32.1. The Morgan fingerprint density at radius 3 is 2.82 bits per heavy atom. The molecule has 0 radical (unpaired) electrons. The Balaban J connectivity index is 1.57. The summed E-state index contributed by atoms with van der Waals surface area (Å²) < 4.78 is 15.8. The van der Waals surface area contributed by atoms with Crippen molar-refractivity contribution in [1.82, 2.24) is 10.2 Å². The van der Waals surface area contributed by atoms with Crippen LogP contribution in [0.15, 0.2) is 35.7 Å². The van der Waals surface area contributed by atoms with E-state index in [-0.39, 0.29) is 25.0 Å². The van der Waals surface area contributed by atoms with E-state index >= 15 is 0 Å². The Labute approximate surface area is 168 Å². The third-order valence-corrected chi connectivity index (χ3v) is 5.43. The molecule has 0 spiro atoms. The van der Waals surface area contributed by atoms with Crippen LogP contribution in [0.5, 0.6) is 11.5 Å². The molecule has 7 nitrogen and oxygen atoms in total. The van der Waals surface area contributed by atoms with Gasteiger partial charge in [-0.25, -0.2) is 0 Å². The van der Waals surface area contributed by atoms with Crippen molar-refractivity contribution in [1.29, 1.82) is 0 Å². The van der Waals surface area contributed by atoms with E-state index in [2.05, 4.69) is 5.32 Å². The summed E-state index contributed by atoms with van der Waals surface area (Å²) in [6.07, 6.45) is 0.637. The van der Waals surface area contributed by atoms with Crippen molar-refractivity contribution in [2.24, 2.45) is 0 Å². The fraction of sp³-hybridized carbons (Fsp3) is 0.400. The van der Waals surface area contributed by atoms with Gasteiger partial charge in [0.1, 0.15) is 12.6 Å². The average molecular weight is 404 g/mol. The minimum absolute atomic E-state index is 0.0147. The second-order valence-electron chi connectivity index (χ2n) is 6.36. The van der Waals surface area contributed by atoms with E-state index in [1.54, 1.807) is 30.5 Å². The number of ether oxygens (including phenoxy) is 3. The van der Waals surface area contributed by atoms with Crippen LogP contribution in [-0.4, -0.2) is 56.7 Å². The number of thiophene rings is 1. The third kappa shape index (κ3) is 4.82. The summed E-state index contributed by atoms with van der Waals surface area (Å²) in [5.41, 5.74) is 1.02. The van der Waals surface area contributed by atoms with E-state index in [1.807, 2.05) is 35.7 Å². The fourth-order valence-corrected chi connectivity index (χ4v) is 3.78. The molecule has 28 heavy (non-hydrogen) atoms. The van der Waals surface area contributed by atoms with Gasteiger partial charge in [0, 0.05) is 11.4 Å². The summed E-state index contributed by atoms with van der Waals surface area (Å²) in [6, 6.07) is 8.94. The first-order valence-electron chi connectivity index (χ1n) is 9.00. The summed E-state index contributed by atoms with van der Waals surface area (Å²) in [5, 5.41) is 4.87. The highest BCUT2D eigenvalue weighted by Crippen LogP contribution is 2.27. The molecule has 0 unspecified atom stereocenters. The van der Waals surface area contributed by atoms with Gasteiger partial charge in [0.2, 0.25) is 11.8 Å². The number of hydrogen-bond acceptors (Lipinski definition) is 6. The number of amides is 2. The topological polar surface area (TPSA) is 77.1 Å². The normalized spacial score (nSPS) is 16.7. The molecule has 1 aromatic heterocycles. The van der Waals surface area contributed by atoms with Crippen LogP contribution in [-0.2, 0) is 27.3 Å². The molecule has 1 atom stereocenters. The molecule has 3 rings (SSSR count). The lowest BCUT2D eigenvalue weighted by molar-refractivity contribution is -0.155. The number of morpholine rings is 1. The number of hydrogen-bond donors (Lipinski definition) is 1. The third-order valence-electron chi connectivity index (χ3n) is 4.57. The molecule has 1 aliphatic rings. The summed E-state index contributed by atoms with van der Waals surface area (Å²) in [7, 11) is 3.18. The first-order valence-corrected chi connectivity index (χ1v) is 9.88. The lowest BCUT2D eigenvalue weighted by Crippen LogP contribution is -2.56. The maximum atomic E-state index is 12.7.